The summed E-state index contributed by atoms with van der Waals surface area (Å²) in [6.45, 7) is 0. The Morgan fingerprint density at radius 3 is 1.41 bits per heavy atom. The lowest BCUT2D eigenvalue weighted by Gasteiger charge is -2.08. The number of nitrogens with zero attached hydrogens (tertiary/aromatic N) is 5. The third-order valence-electron chi connectivity index (χ3n) is 3.32. The summed E-state index contributed by atoms with van der Waals surface area (Å²) in [4.78, 5) is 32.4. The minimum Gasteiger partial charge on any atom is -0.368 e. The molecule has 2 aromatic carbocycles. The van der Waals surface area contributed by atoms with Gasteiger partial charge in [-0.05, 0) is 24.3 Å². The van der Waals surface area contributed by atoms with Gasteiger partial charge in [0.05, 0.1) is 9.85 Å². The van der Waals surface area contributed by atoms with E-state index in [-0.39, 0.29) is 29.2 Å². The lowest BCUT2D eigenvalue weighted by Crippen LogP contribution is -2.07. The van der Waals surface area contributed by atoms with Gasteiger partial charge < -0.3 is 16.4 Å². The molecular weight excluding hydrogens is 356 g/mol. The van der Waals surface area contributed by atoms with Crippen LogP contribution < -0.4 is 16.4 Å². The molecule has 0 atom stereocenters. The second kappa shape index (κ2) is 7.26. The number of non-ortho nitro benzene ring substituents is 2. The Morgan fingerprint density at radius 1 is 0.704 bits per heavy atom. The van der Waals surface area contributed by atoms with Gasteiger partial charge in [-0.1, -0.05) is 0 Å². The van der Waals surface area contributed by atoms with Crippen molar-refractivity contribution in [3.05, 3.63) is 68.8 Å². The van der Waals surface area contributed by atoms with Gasteiger partial charge >= 0.3 is 0 Å². The third-order valence-corrected chi connectivity index (χ3v) is 3.32. The summed E-state index contributed by atoms with van der Waals surface area (Å²) < 4.78 is 0. The highest BCUT2D eigenvalue weighted by molar-refractivity contribution is 5.60. The molecule has 0 unspecified atom stereocenters. The molecule has 0 radical (unpaired) electrons. The zero-order valence-corrected chi connectivity index (χ0v) is 13.6. The van der Waals surface area contributed by atoms with Crippen LogP contribution in [0.1, 0.15) is 0 Å². The van der Waals surface area contributed by atoms with Crippen molar-refractivity contribution in [2.24, 2.45) is 0 Å². The molecule has 0 aliphatic heterocycles. The molecule has 0 spiro atoms. The first-order valence-electron chi connectivity index (χ1n) is 7.45. The topological polar surface area (TPSA) is 175 Å². The molecule has 4 N–H and O–H groups in total. The highest BCUT2D eigenvalue weighted by atomic mass is 16.6. The second-order valence-corrected chi connectivity index (χ2v) is 5.20. The average molecular weight is 368 g/mol. The number of rotatable bonds is 6. The second-order valence-electron chi connectivity index (χ2n) is 5.20. The van der Waals surface area contributed by atoms with Crippen LogP contribution in [0.4, 0.5) is 40.6 Å². The van der Waals surface area contributed by atoms with Crippen molar-refractivity contribution >= 4 is 40.6 Å². The van der Waals surface area contributed by atoms with Crippen molar-refractivity contribution in [3.8, 4) is 0 Å². The van der Waals surface area contributed by atoms with E-state index in [1.165, 1.54) is 48.5 Å². The number of nitrogens with two attached hydrogens (primary N) is 1. The van der Waals surface area contributed by atoms with Crippen molar-refractivity contribution in [1.82, 2.24) is 15.0 Å². The molecule has 0 bridgehead atoms. The Kier molecular flexibility index (Phi) is 4.70. The summed E-state index contributed by atoms with van der Waals surface area (Å²) in [7, 11) is 0. The molecular formula is C15H12N8O4. The van der Waals surface area contributed by atoms with Crippen LogP contribution in [0.15, 0.2) is 48.5 Å². The standard InChI is InChI=1S/C15H12N8O4/c16-13-19-14(17-9-1-5-11(6-2-9)22(24)25)21-15(20-13)18-10-3-7-12(8-4-10)23(26)27/h1-8H,(H4,16,17,18,19,20,21). The minimum atomic E-state index is -0.503. The van der Waals surface area contributed by atoms with Gasteiger partial charge in [-0.3, -0.25) is 20.2 Å². The van der Waals surface area contributed by atoms with Gasteiger partial charge in [-0.2, -0.15) is 15.0 Å². The largest absolute Gasteiger partial charge is 0.368 e. The molecule has 3 aromatic rings. The number of hydrogen-bond acceptors (Lipinski definition) is 10. The van der Waals surface area contributed by atoms with Crippen LogP contribution in [-0.4, -0.2) is 24.8 Å². The number of anilines is 5. The summed E-state index contributed by atoms with van der Waals surface area (Å²) in [5, 5.41) is 27.1. The molecule has 12 nitrogen and oxygen atoms in total. The molecule has 12 heteroatoms. The van der Waals surface area contributed by atoms with E-state index < -0.39 is 9.85 Å². The van der Waals surface area contributed by atoms with E-state index in [2.05, 4.69) is 25.6 Å². The number of nitro benzene ring substituents is 2. The Balaban J connectivity index is 1.77. The minimum absolute atomic E-state index is 0.0452. The van der Waals surface area contributed by atoms with Crippen molar-refractivity contribution in [3.63, 3.8) is 0 Å². The lowest BCUT2D eigenvalue weighted by molar-refractivity contribution is -0.385. The van der Waals surface area contributed by atoms with Crippen LogP contribution in [0.5, 0.6) is 0 Å². The third kappa shape index (κ3) is 4.39. The van der Waals surface area contributed by atoms with Gasteiger partial charge in [0, 0.05) is 35.6 Å². The molecule has 0 aliphatic carbocycles. The fraction of sp³-hybridized carbons (Fsp3) is 0. The van der Waals surface area contributed by atoms with Gasteiger partial charge in [0.1, 0.15) is 0 Å². The van der Waals surface area contributed by atoms with Gasteiger partial charge in [0.25, 0.3) is 11.4 Å². The van der Waals surface area contributed by atoms with Crippen molar-refractivity contribution < 1.29 is 9.85 Å². The number of hydrogen-bond donors (Lipinski definition) is 3. The Labute approximate surface area is 151 Å². The summed E-state index contributed by atoms with van der Waals surface area (Å²) in [6, 6.07) is 11.4. The van der Waals surface area contributed by atoms with Crippen molar-refractivity contribution in [2.45, 2.75) is 0 Å². The molecule has 27 heavy (non-hydrogen) atoms. The van der Waals surface area contributed by atoms with Gasteiger partial charge in [-0.15, -0.1) is 0 Å². The number of benzene rings is 2. The predicted molar refractivity (Wildman–Crippen MR) is 97.0 cm³/mol. The quantitative estimate of drug-likeness (QED) is 0.433. The molecule has 0 saturated carbocycles. The lowest BCUT2D eigenvalue weighted by atomic mass is 10.3. The molecule has 3 rings (SSSR count). The zero-order chi connectivity index (χ0) is 19.4. The molecule has 0 fully saturated rings. The molecule has 0 amide bonds. The Morgan fingerprint density at radius 2 is 1.07 bits per heavy atom. The van der Waals surface area contributed by atoms with E-state index in [1.807, 2.05) is 0 Å². The van der Waals surface area contributed by atoms with Crippen LogP contribution >= 0.6 is 0 Å². The van der Waals surface area contributed by atoms with Gasteiger partial charge in [0.15, 0.2) is 0 Å². The number of aromatic nitrogens is 3. The van der Waals surface area contributed by atoms with E-state index >= 15 is 0 Å². The molecule has 0 saturated heterocycles. The molecule has 1 aromatic heterocycles. The summed E-state index contributed by atoms with van der Waals surface area (Å²) >= 11 is 0. The summed E-state index contributed by atoms with van der Waals surface area (Å²) in [6.07, 6.45) is 0. The van der Waals surface area contributed by atoms with Crippen molar-refractivity contribution in [1.29, 1.82) is 0 Å². The van der Waals surface area contributed by atoms with E-state index in [0.29, 0.717) is 11.4 Å². The first-order chi connectivity index (χ1) is 12.9. The van der Waals surface area contributed by atoms with Crippen LogP contribution in [0, 0.1) is 20.2 Å². The highest BCUT2D eigenvalue weighted by Gasteiger charge is 2.09. The van der Waals surface area contributed by atoms with Crippen LogP contribution in [-0.2, 0) is 0 Å². The molecule has 0 aliphatic rings. The fourth-order valence-electron chi connectivity index (χ4n) is 2.10. The SMILES string of the molecule is Nc1nc(Nc2ccc([N+](=O)[O-])cc2)nc(Nc2ccc([N+](=O)[O-])cc2)n1. The van der Waals surface area contributed by atoms with E-state index in [1.54, 1.807) is 0 Å². The van der Waals surface area contributed by atoms with E-state index in [4.69, 9.17) is 5.73 Å². The first-order valence-corrected chi connectivity index (χ1v) is 7.45. The normalized spacial score (nSPS) is 10.2. The number of nitrogen functional groups attached to an aromatic ring is 1. The Bertz CT molecular complexity index is 914. The highest BCUT2D eigenvalue weighted by Crippen LogP contribution is 2.21. The average Bonchev–Trinajstić information content (AvgIpc) is 2.62. The van der Waals surface area contributed by atoms with E-state index in [0.717, 1.165) is 0 Å². The zero-order valence-electron chi connectivity index (χ0n) is 13.6. The maximum Gasteiger partial charge on any atom is 0.269 e. The smallest absolute Gasteiger partial charge is 0.269 e. The van der Waals surface area contributed by atoms with Crippen LogP contribution in [0.2, 0.25) is 0 Å². The maximum absolute atomic E-state index is 10.7. The predicted octanol–water partition coefficient (Wildman–Crippen LogP) is 2.76. The first kappa shape index (κ1) is 17.5. The molecule has 1 heterocycles. The monoisotopic (exact) mass is 368 g/mol. The van der Waals surface area contributed by atoms with E-state index in [9.17, 15) is 20.2 Å². The fourth-order valence-corrected chi connectivity index (χ4v) is 2.10. The maximum atomic E-state index is 10.7. The summed E-state index contributed by atoms with van der Waals surface area (Å²) in [5.74, 6) is 0.195. The Hall–Kier alpha value is -4.35. The van der Waals surface area contributed by atoms with Crippen LogP contribution in [0.25, 0.3) is 0 Å². The molecule has 136 valence electrons. The van der Waals surface area contributed by atoms with Crippen LogP contribution in [0.3, 0.4) is 0 Å². The van der Waals surface area contributed by atoms with Gasteiger partial charge in [-0.25, -0.2) is 0 Å². The van der Waals surface area contributed by atoms with Gasteiger partial charge in [0.2, 0.25) is 17.8 Å². The summed E-state index contributed by atoms with van der Waals surface area (Å²) in [5.41, 5.74) is 6.62. The number of nitrogens with one attached hydrogen (secondary N) is 2. The number of nitro groups is 2. The van der Waals surface area contributed by atoms with Crippen molar-refractivity contribution in [2.75, 3.05) is 16.4 Å².